The normalized spacial score (nSPS) is 14.1. The number of carbonyl (C=O) groups excluding carboxylic acids is 1. The second-order valence-corrected chi connectivity index (χ2v) is 10.6. The summed E-state index contributed by atoms with van der Waals surface area (Å²) in [7, 11) is 1.86. The molecule has 38 heavy (non-hydrogen) atoms. The van der Waals surface area contributed by atoms with Crippen LogP contribution in [0.25, 0.3) is 22.0 Å². The third-order valence-electron chi connectivity index (χ3n) is 7.07. The van der Waals surface area contributed by atoms with Gasteiger partial charge in [0, 0.05) is 41.9 Å². The Morgan fingerprint density at radius 3 is 2.79 bits per heavy atom. The first-order valence-electron chi connectivity index (χ1n) is 12.4. The number of nitrogens with zero attached hydrogens (tertiary/aromatic N) is 4. The Bertz CT molecular complexity index is 1640. The SMILES string of the molecule is Cc1cc(COCc2cscn2)ccc1C(=O)NC1(c2cc(-c3cnn(C)c3)cc3c2ccc[n+]3[O-])CC1. The summed E-state index contributed by atoms with van der Waals surface area (Å²) < 4.78 is 8.40. The molecular weight excluding hydrogens is 498 g/mol. The number of aryl methyl sites for hydroxylation is 2. The molecule has 0 atom stereocenters. The summed E-state index contributed by atoms with van der Waals surface area (Å²) in [4.78, 5) is 17.7. The highest BCUT2D eigenvalue weighted by atomic mass is 32.1. The molecule has 0 bridgehead atoms. The maximum absolute atomic E-state index is 13.5. The molecule has 9 heteroatoms. The molecule has 1 amide bonds. The van der Waals surface area contributed by atoms with Crippen LogP contribution in [0.3, 0.4) is 0 Å². The van der Waals surface area contributed by atoms with Crippen molar-refractivity contribution in [1.29, 1.82) is 0 Å². The topological polar surface area (TPSA) is 96.0 Å². The van der Waals surface area contributed by atoms with Crippen molar-refractivity contribution in [3.63, 3.8) is 0 Å². The predicted octanol–water partition coefficient (Wildman–Crippen LogP) is 4.77. The van der Waals surface area contributed by atoms with E-state index in [0.717, 1.165) is 56.5 Å². The third-order valence-corrected chi connectivity index (χ3v) is 7.71. The second kappa shape index (κ2) is 9.66. The highest BCUT2D eigenvalue weighted by Gasteiger charge is 2.47. The molecule has 6 rings (SSSR count). The van der Waals surface area contributed by atoms with Crippen LogP contribution in [0.15, 0.2) is 71.9 Å². The average molecular weight is 526 g/mol. The van der Waals surface area contributed by atoms with Crippen molar-refractivity contribution in [2.24, 2.45) is 7.05 Å². The smallest absolute Gasteiger partial charge is 0.252 e. The van der Waals surface area contributed by atoms with Gasteiger partial charge in [0.2, 0.25) is 5.52 Å². The molecule has 1 N–H and O–H groups in total. The van der Waals surface area contributed by atoms with Crippen LogP contribution in [-0.4, -0.2) is 20.7 Å². The molecule has 0 aliphatic heterocycles. The number of hydrogen-bond donors (Lipinski definition) is 1. The minimum atomic E-state index is -0.524. The van der Waals surface area contributed by atoms with Crippen LogP contribution >= 0.6 is 11.3 Å². The fourth-order valence-corrected chi connectivity index (χ4v) is 5.49. The van der Waals surface area contributed by atoms with E-state index in [1.807, 2.05) is 55.9 Å². The Labute approximate surface area is 224 Å². The number of nitrogens with one attached hydrogen (secondary N) is 1. The first-order valence-corrected chi connectivity index (χ1v) is 13.4. The molecule has 1 aliphatic rings. The van der Waals surface area contributed by atoms with Crippen LogP contribution in [0.1, 0.15) is 45.6 Å². The predicted molar refractivity (Wildman–Crippen MR) is 145 cm³/mol. The number of ether oxygens (including phenoxy) is 1. The van der Waals surface area contributed by atoms with Gasteiger partial charge in [-0.05, 0) is 60.2 Å². The molecule has 0 saturated heterocycles. The highest BCUT2D eigenvalue weighted by molar-refractivity contribution is 7.07. The van der Waals surface area contributed by atoms with E-state index >= 15 is 0 Å². The van der Waals surface area contributed by atoms with E-state index in [1.54, 1.807) is 33.8 Å². The summed E-state index contributed by atoms with van der Waals surface area (Å²) in [5.74, 6) is -0.124. The molecule has 0 spiro atoms. The monoisotopic (exact) mass is 525 g/mol. The lowest BCUT2D eigenvalue weighted by Gasteiger charge is -2.21. The van der Waals surface area contributed by atoms with Crippen molar-refractivity contribution < 1.29 is 14.3 Å². The molecule has 8 nitrogen and oxygen atoms in total. The van der Waals surface area contributed by atoms with Crippen molar-refractivity contribution in [2.75, 3.05) is 0 Å². The van der Waals surface area contributed by atoms with Crippen molar-refractivity contribution in [3.8, 4) is 11.1 Å². The molecule has 5 aromatic rings. The van der Waals surface area contributed by atoms with Gasteiger partial charge in [-0.2, -0.15) is 9.83 Å². The fraction of sp³-hybridized carbons (Fsp3) is 0.241. The van der Waals surface area contributed by atoms with Crippen LogP contribution in [-0.2, 0) is 30.5 Å². The molecule has 0 unspecified atom stereocenters. The van der Waals surface area contributed by atoms with E-state index in [1.165, 1.54) is 6.20 Å². The zero-order chi connectivity index (χ0) is 26.3. The molecule has 2 aromatic carbocycles. The van der Waals surface area contributed by atoms with E-state index in [0.29, 0.717) is 24.3 Å². The molecular formula is C29H27N5O3S. The molecule has 0 radical (unpaired) electrons. The number of fused-ring (bicyclic) bond motifs is 1. The van der Waals surface area contributed by atoms with Gasteiger partial charge in [-0.1, -0.05) is 12.1 Å². The maximum atomic E-state index is 13.5. The Balaban J connectivity index is 1.26. The van der Waals surface area contributed by atoms with Gasteiger partial charge >= 0.3 is 0 Å². The lowest BCUT2D eigenvalue weighted by atomic mass is 9.94. The van der Waals surface area contributed by atoms with Gasteiger partial charge in [0.1, 0.15) is 0 Å². The van der Waals surface area contributed by atoms with Gasteiger partial charge in [-0.3, -0.25) is 9.48 Å². The zero-order valence-corrected chi connectivity index (χ0v) is 22.0. The first kappa shape index (κ1) is 24.3. The number of pyridine rings is 1. The Morgan fingerprint density at radius 2 is 2.08 bits per heavy atom. The standard InChI is InChI=1S/C29H27N5O3S/c1-19-10-20(15-37-16-23-17-38-18-30-23)5-6-24(19)28(35)32-29(7-8-29)26-11-21(22-13-31-33(2)14-22)12-27-25(26)4-3-9-34(27)36/h3-6,9-14,17-18H,7-8,15-16H2,1-2H3,(H,32,35). The van der Waals surface area contributed by atoms with Gasteiger partial charge in [0.15, 0.2) is 6.20 Å². The molecule has 3 heterocycles. The van der Waals surface area contributed by atoms with Crippen LogP contribution in [0, 0.1) is 12.1 Å². The largest absolute Gasteiger partial charge is 0.618 e. The molecule has 1 saturated carbocycles. The molecule has 192 valence electrons. The summed E-state index contributed by atoms with van der Waals surface area (Å²) in [5, 5.41) is 23.1. The van der Waals surface area contributed by atoms with Crippen LogP contribution in [0.2, 0.25) is 0 Å². The third kappa shape index (κ3) is 4.66. The van der Waals surface area contributed by atoms with Gasteiger partial charge in [0.25, 0.3) is 5.91 Å². The van der Waals surface area contributed by atoms with E-state index in [9.17, 15) is 10.0 Å². The Kier molecular flexibility index (Phi) is 6.17. The number of thiazole rings is 1. The van der Waals surface area contributed by atoms with Gasteiger partial charge < -0.3 is 15.3 Å². The fourth-order valence-electron chi connectivity index (χ4n) is 4.95. The van der Waals surface area contributed by atoms with E-state index < -0.39 is 5.54 Å². The van der Waals surface area contributed by atoms with Gasteiger partial charge in [-0.25, -0.2) is 4.98 Å². The van der Waals surface area contributed by atoms with Crippen LogP contribution < -0.4 is 10.0 Å². The van der Waals surface area contributed by atoms with Gasteiger partial charge in [0.05, 0.1) is 41.5 Å². The van der Waals surface area contributed by atoms with Crippen molar-refractivity contribution in [1.82, 2.24) is 20.1 Å². The lowest BCUT2D eigenvalue weighted by molar-refractivity contribution is -0.577. The number of hydrogen-bond acceptors (Lipinski definition) is 6. The van der Waals surface area contributed by atoms with Crippen molar-refractivity contribution in [2.45, 2.75) is 38.5 Å². The molecule has 1 aliphatic carbocycles. The van der Waals surface area contributed by atoms with Crippen LogP contribution in [0.5, 0.6) is 0 Å². The Hall–Kier alpha value is -4.08. The minimum Gasteiger partial charge on any atom is -0.618 e. The van der Waals surface area contributed by atoms with Crippen molar-refractivity contribution in [3.05, 3.63) is 105 Å². The molecule has 3 aromatic heterocycles. The number of aromatic nitrogens is 4. The van der Waals surface area contributed by atoms with E-state index in [4.69, 9.17) is 4.74 Å². The summed E-state index contributed by atoms with van der Waals surface area (Å²) in [6.45, 7) is 2.85. The average Bonchev–Trinajstić information content (AvgIpc) is 3.26. The highest BCUT2D eigenvalue weighted by Crippen LogP contribution is 2.49. The summed E-state index contributed by atoms with van der Waals surface area (Å²) in [6, 6.07) is 13.5. The minimum absolute atomic E-state index is 0.124. The summed E-state index contributed by atoms with van der Waals surface area (Å²) in [6.07, 6.45) is 6.82. The maximum Gasteiger partial charge on any atom is 0.252 e. The zero-order valence-electron chi connectivity index (χ0n) is 21.2. The van der Waals surface area contributed by atoms with E-state index in [-0.39, 0.29) is 5.91 Å². The number of amides is 1. The lowest BCUT2D eigenvalue weighted by Crippen LogP contribution is -2.36. The second-order valence-electron chi connectivity index (χ2n) is 9.85. The summed E-state index contributed by atoms with van der Waals surface area (Å²) >= 11 is 1.55. The summed E-state index contributed by atoms with van der Waals surface area (Å²) in [5.41, 5.74) is 8.05. The quantitative estimate of drug-likeness (QED) is 0.232. The molecule has 1 fully saturated rings. The van der Waals surface area contributed by atoms with Crippen molar-refractivity contribution >= 4 is 28.1 Å². The number of benzene rings is 2. The van der Waals surface area contributed by atoms with E-state index in [2.05, 4.69) is 21.5 Å². The van der Waals surface area contributed by atoms with Crippen LogP contribution in [0.4, 0.5) is 0 Å². The number of carbonyl (C=O) groups is 1. The first-order chi connectivity index (χ1) is 18.4. The number of rotatable bonds is 8. The Morgan fingerprint density at radius 1 is 1.21 bits per heavy atom. The van der Waals surface area contributed by atoms with Gasteiger partial charge in [-0.15, -0.1) is 11.3 Å².